The lowest BCUT2D eigenvalue weighted by Gasteiger charge is -2.07. The molecule has 3 nitrogen and oxygen atoms in total. The summed E-state index contributed by atoms with van der Waals surface area (Å²) in [5.74, 6) is 0.106. The van der Waals surface area contributed by atoms with E-state index < -0.39 is 12.0 Å². The number of thioether (sulfide) groups is 1. The minimum atomic E-state index is -0.791. The Bertz CT molecular complexity index is 628. The molecule has 1 unspecified atom stereocenters. The molecule has 0 aromatic heterocycles. The van der Waals surface area contributed by atoms with Crippen LogP contribution in [0.15, 0.2) is 53.4 Å². The third-order valence-corrected chi connectivity index (χ3v) is 4.58. The monoisotopic (exact) mass is 285 g/mol. The van der Waals surface area contributed by atoms with Crippen LogP contribution in [0.1, 0.15) is 11.1 Å². The molecule has 102 valence electrons. The summed E-state index contributed by atoms with van der Waals surface area (Å²) in [5, 5.41) is 12.2. The lowest BCUT2D eigenvalue weighted by atomic mass is 10.1. The Balaban J connectivity index is 1.76. The van der Waals surface area contributed by atoms with Crippen LogP contribution >= 0.6 is 11.8 Å². The van der Waals surface area contributed by atoms with Gasteiger partial charge in [-0.15, -0.1) is 11.8 Å². The largest absolute Gasteiger partial charge is 0.480 e. The van der Waals surface area contributed by atoms with Gasteiger partial charge in [-0.3, -0.25) is 0 Å². The molecule has 1 heterocycles. The molecule has 1 aliphatic heterocycles. The molecule has 4 heteroatoms. The van der Waals surface area contributed by atoms with Gasteiger partial charge in [0, 0.05) is 22.8 Å². The first-order valence-electron chi connectivity index (χ1n) is 6.52. The van der Waals surface area contributed by atoms with Crippen molar-refractivity contribution in [2.24, 2.45) is 0 Å². The second-order valence-corrected chi connectivity index (χ2v) is 5.81. The van der Waals surface area contributed by atoms with Crippen LogP contribution in [0, 0.1) is 0 Å². The van der Waals surface area contributed by atoms with Crippen molar-refractivity contribution < 1.29 is 9.90 Å². The maximum absolute atomic E-state index is 11.1. The first-order valence-corrected chi connectivity index (χ1v) is 7.50. The van der Waals surface area contributed by atoms with Crippen molar-refractivity contribution in [1.29, 1.82) is 0 Å². The normalized spacial score (nSPS) is 16.5. The molecule has 0 saturated heterocycles. The van der Waals surface area contributed by atoms with E-state index >= 15 is 0 Å². The average Bonchev–Trinajstić information content (AvgIpc) is 2.91. The van der Waals surface area contributed by atoms with E-state index in [-0.39, 0.29) is 0 Å². The Hall–Kier alpha value is -1.94. The van der Waals surface area contributed by atoms with E-state index in [4.69, 9.17) is 5.11 Å². The third-order valence-electron chi connectivity index (χ3n) is 3.41. The highest BCUT2D eigenvalue weighted by Crippen LogP contribution is 2.35. The Morgan fingerprint density at radius 1 is 1.20 bits per heavy atom. The SMILES string of the molecule is O=C(O)C1Cc2c(cccc2SCc2ccccc2)N1. The summed E-state index contributed by atoms with van der Waals surface area (Å²) in [5.41, 5.74) is 3.35. The predicted molar refractivity (Wildman–Crippen MR) is 81.2 cm³/mol. The lowest BCUT2D eigenvalue weighted by molar-refractivity contribution is -0.137. The minimum Gasteiger partial charge on any atom is -0.480 e. The highest BCUT2D eigenvalue weighted by Gasteiger charge is 2.27. The molecular weight excluding hydrogens is 270 g/mol. The summed E-state index contributed by atoms with van der Waals surface area (Å²) in [6, 6.07) is 15.8. The van der Waals surface area contributed by atoms with Gasteiger partial charge in [-0.2, -0.15) is 0 Å². The van der Waals surface area contributed by atoms with Gasteiger partial charge >= 0.3 is 5.97 Å². The van der Waals surface area contributed by atoms with Gasteiger partial charge in [0.15, 0.2) is 0 Å². The average molecular weight is 285 g/mol. The van der Waals surface area contributed by atoms with Crippen molar-refractivity contribution in [2.45, 2.75) is 23.1 Å². The van der Waals surface area contributed by atoms with E-state index in [1.807, 2.05) is 30.3 Å². The fraction of sp³-hybridized carbons (Fsp3) is 0.188. The van der Waals surface area contributed by atoms with Crippen molar-refractivity contribution in [3.05, 3.63) is 59.7 Å². The summed E-state index contributed by atoms with van der Waals surface area (Å²) >= 11 is 1.76. The fourth-order valence-corrected chi connectivity index (χ4v) is 3.43. The van der Waals surface area contributed by atoms with E-state index in [0.717, 1.165) is 17.0 Å². The number of rotatable bonds is 4. The first-order chi connectivity index (χ1) is 9.74. The molecule has 2 aromatic rings. The highest BCUT2D eigenvalue weighted by atomic mass is 32.2. The topological polar surface area (TPSA) is 49.3 Å². The molecule has 0 radical (unpaired) electrons. The van der Waals surface area contributed by atoms with Crippen LogP contribution in [0.5, 0.6) is 0 Å². The molecule has 0 bridgehead atoms. The number of benzene rings is 2. The van der Waals surface area contributed by atoms with Crippen LogP contribution in [0.4, 0.5) is 5.69 Å². The summed E-state index contributed by atoms with van der Waals surface area (Å²) < 4.78 is 0. The number of carboxylic acids is 1. The summed E-state index contributed by atoms with van der Waals surface area (Å²) in [6.07, 6.45) is 0.558. The van der Waals surface area contributed by atoms with E-state index in [0.29, 0.717) is 6.42 Å². The molecule has 2 aromatic carbocycles. The Morgan fingerprint density at radius 2 is 2.00 bits per heavy atom. The van der Waals surface area contributed by atoms with Crippen molar-refractivity contribution in [3.63, 3.8) is 0 Å². The Morgan fingerprint density at radius 3 is 2.75 bits per heavy atom. The number of fused-ring (bicyclic) bond motifs is 1. The standard InChI is InChI=1S/C16H15NO2S/c18-16(19)14-9-12-13(17-14)7-4-8-15(12)20-10-11-5-2-1-3-6-11/h1-8,14,17H,9-10H2,(H,18,19). The van der Waals surface area contributed by atoms with Crippen LogP contribution in [0.25, 0.3) is 0 Å². The molecule has 2 N–H and O–H groups in total. The van der Waals surface area contributed by atoms with Crippen LogP contribution in [0.3, 0.4) is 0 Å². The second-order valence-electron chi connectivity index (χ2n) is 4.80. The molecule has 0 aliphatic carbocycles. The Kier molecular flexibility index (Phi) is 3.65. The second kappa shape index (κ2) is 5.59. The minimum absolute atomic E-state index is 0.497. The molecule has 3 rings (SSSR count). The zero-order chi connectivity index (χ0) is 13.9. The number of anilines is 1. The van der Waals surface area contributed by atoms with E-state index in [1.54, 1.807) is 11.8 Å². The fourth-order valence-electron chi connectivity index (χ4n) is 2.37. The van der Waals surface area contributed by atoms with Gasteiger partial charge in [-0.1, -0.05) is 36.4 Å². The quantitative estimate of drug-likeness (QED) is 0.845. The third kappa shape index (κ3) is 2.65. The van der Waals surface area contributed by atoms with Gasteiger partial charge < -0.3 is 10.4 Å². The number of hydrogen-bond donors (Lipinski definition) is 2. The van der Waals surface area contributed by atoms with Crippen LogP contribution in [-0.2, 0) is 17.0 Å². The molecule has 0 saturated carbocycles. The molecular formula is C16H15NO2S. The van der Waals surface area contributed by atoms with Crippen molar-refractivity contribution in [3.8, 4) is 0 Å². The van der Waals surface area contributed by atoms with Crippen LogP contribution in [0.2, 0.25) is 0 Å². The van der Waals surface area contributed by atoms with Gasteiger partial charge in [0.2, 0.25) is 0 Å². The molecule has 1 atom stereocenters. The number of hydrogen-bond acceptors (Lipinski definition) is 3. The van der Waals surface area contributed by atoms with E-state index in [2.05, 4.69) is 23.5 Å². The van der Waals surface area contributed by atoms with E-state index in [9.17, 15) is 4.79 Å². The number of carbonyl (C=O) groups is 1. The van der Waals surface area contributed by atoms with Crippen molar-refractivity contribution in [2.75, 3.05) is 5.32 Å². The maximum Gasteiger partial charge on any atom is 0.326 e. The smallest absolute Gasteiger partial charge is 0.326 e. The van der Waals surface area contributed by atoms with Gasteiger partial charge in [0.25, 0.3) is 0 Å². The van der Waals surface area contributed by atoms with Crippen LogP contribution in [-0.4, -0.2) is 17.1 Å². The van der Waals surface area contributed by atoms with Gasteiger partial charge in [0.1, 0.15) is 6.04 Å². The van der Waals surface area contributed by atoms with E-state index in [1.165, 1.54) is 10.5 Å². The predicted octanol–water partition coefficient (Wildman–Crippen LogP) is 3.40. The highest BCUT2D eigenvalue weighted by molar-refractivity contribution is 7.98. The molecule has 0 spiro atoms. The lowest BCUT2D eigenvalue weighted by Crippen LogP contribution is -2.26. The molecule has 0 amide bonds. The van der Waals surface area contributed by atoms with Gasteiger partial charge in [0.05, 0.1) is 0 Å². The molecule has 20 heavy (non-hydrogen) atoms. The summed E-state index contributed by atoms with van der Waals surface area (Å²) in [7, 11) is 0. The van der Waals surface area contributed by atoms with Crippen molar-refractivity contribution >= 4 is 23.4 Å². The number of nitrogens with one attached hydrogen (secondary N) is 1. The van der Waals surface area contributed by atoms with Crippen molar-refractivity contribution in [1.82, 2.24) is 0 Å². The first kappa shape index (κ1) is 13.1. The molecule has 0 fully saturated rings. The van der Waals surface area contributed by atoms with Gasteiger partial charge in [-0.05, 0) is 23.3 Å². The zero-order valence-corrected chi connectivity index (χ0v) is 11.7. The Labute approximate surface area is 122 Å². The maximum atomic E-state index is 11.1. The molecule has 1 aliphatic rings. The van der Waals surface area contributed by atoms with Gasteiger partial charge in [-0.25, -0.2) is 4.79 Å². The van der Waals surface area contributed by atoms with Crippen LogP contribution < -0.4 is 5.32 Å². The zero-order valence-electron chi connectivity index (χ0n) is 10.9. The number of carboxylic acid groups (broad SMARTS) is 1. The summed E-state index contributed by atoms with van der Waals surface area (Å²) in [4.78, 5) is 12.3. The summed E-state index contributed by atoms with van der Waals surface area (Å²) in [6.45, 7) is 0. The number of aliphatic carboxylic acids is 1.